The van der Waals surface area contributed by atoms with Gasteiger partial charge in [-0.2, -0.15) is 0 Å². The molecule has 1 fully saturated rings. The molecule has 1 aliphatic carbocycles. The third-order valence-corrected chi connectivity index (χ3v) is 3.91. The molecule has 0 unspecified atom stereocenters. The molecule has 1 saturated carbocycles. The molecule has 1 aliphatic rings. The number of rotatable bonds is 4. The van der Waals surface area contributed by atoms with Crippen LogP contribution in [-0.4, -0.2) is 17.0 Å². The van der Waals surface area contributed by atoms with Crippen LogP contribution in [0.3, 0.4) is 0 Å². The Morgan fingerprint density at radius 3 is 2.59 bits per heavy atom. The maximum Gasteiger partial charge on any atom is 0.255 e. The van der Waals surface area contributed by atoms with Crippen molar-refractivity contribution in [1.29, 1.82) is 0 Å². The van der Waals surface area contributed by atoms with Crippen molar-refractivity contribution in [3.05, 3.63) is 53.3 Å². The third kappa shape index (κ3) is 3.77. The molecule has 0 saturated heterocycles. The molecule has 1 N–H and O–H groups in total. The van der Waals surface area contributed by atoms with Gasteiger partial charge in [-0.25, -0.2) is 4.98 Å². The fourth-order valence-electron chi connectivity index (χ4n) is 2.56. The highest BCUT2D eigenvalue weighted by molar-refractivity contribution is 6.29. The summed E-state index contributed by atoms with van der Waals surface area (Å²) in [5.74, 6) is 0.630. The number of nitrogens with zero attached hydrogens (tertiary/aromatic N) is 1. The topological polar surface area (TPSA) is 51.2 Å². The van der Waals surface area contributed by atoms with Crippen LogP contribution >= 0.6 is 11.6 Å². The first-order valence-corrected chi connectivity index (χ1v) is 7.78. The van der Waals surface area contributed by atoms with E-state index in [1.54, 1.807) is 6.07 Å². The molecule has 0 spiro atoms. The highest BCUT2D eigenvalue weighted by atomic mass is 35.5. The van der Waals surface area contributed by atoms with Gasteiger partial charge in [0.05, 0.1) is 6.10 Å². The lowest BCUT2D eigenvalue weighted by molar-refractivity contribution is 0.102. The van der Waals surface area contributed by atoms with E-state index < -0.39 is 0 Å². The number of aromatic nitrogens is 1. The van der Waals surface area contributed by atoms with E-state index in [2.05, 4.69) is 10.3 Å². The quantitative estimate of drug-likeness (QED) is 0.855. The highest BCUT2D eigenvalue weighted by Crippen LogP contribution is 2.25. The van der Waals surface area contributed by atoms with Crippen molar-refractivity contribution in [1.82, 2.24) is 4.98 Å². The molecule has 3 rings (SSSR count). The van der Waals surface area contributed by atoms with Crippen molar-refractivity contribution in [3.8, 4) is 5.75 Å². The molecule has 2 aromatic rings. The summed E-state index contributed by atoms with van der Waals surface area (Å²) in [5, 5.41) is 3.12. The smallest absolute Gasteiger partial charge is 0.255 e. The summed E-state index contributed by atoms with van der Waals surface area (Å²) in [7, 11) is 0. The molecule has 0 aliphatic heterocycles. The van der Waals surface area contributed by atoms with Gasteiger partial charge in [0.15, 0.2) is 0 Å². The monoisotopic (exact) mass is 316 g/mol. The maximum absolute atomic E-state index is 12.1. The normalized spacial score (nSPS) is 14.8. The van der Waals surface area contributed by atoms with E-state index in [0.717, 1.165) is 24.3 Å². The number of carbonyl (C=O) groups is 1. The SMILES string of the molecule is O=C(Nc1ccc(OC2CCCC2)cc1)c1ccnc(Cl)c1. The maximum atomic E-state index is 12.1. The molecule has 0 radical (unpaired) electrons. The summed E-state index contributed by atoms with van der Waals surface area (Å²) < 4.78 is 5.90. The van der Waals surface area contributed by atoms with Gasteiger partial charge in [-0.05, 0) is 62.1 Å². The Labute approximate surface area is 134 Å². The summed E-state index contributed by atoms with van der Waals surface area (Å²) in [5.41, 5.74) is 1.20. The van der Waals surface area contributed by atoms with Crippen LogP contribution in [0.2, 0.25) is 5.15 Å². The zero-order chi connectivity index (χ0) is 15.4. The molecule has 1 aromatic carbocycles. The number of nitrogens with one attached hydrogen (secondary N) is 1. The molecule has 1 aromatic heterocycles. The minimum Gasteiger partial charge on any atom is -0.490 e. The minimum absolute atomic E-state index is 0.214. The van der Waals surface area contributed by atoms with Crippen molar-refractivity contribution >= 4 is 23.2 Å². The number of hydrogen-bond acceptors (Lipinski definition) is 3. The van der Waals surface area contributed by atoms with Crippen molar-refractivity contribution in [3.63, 3.8) is 0 Å². The Morgan fingerprint density at radius 2 is 1.91 bits per heavy atom. The summed E-state index contributed by atoms with van der Waals surface area (Å²) >= 11 is 5.79. The van der Waals surface area contributed by atoms with Crippen LogP contribution in [0.5, 0.6) is 5.75 Å². The molecule has 1 heterocycles. The Hall–Kier alpha value is -2.07. The van der Waals surface area contributed by atoms with Gasteiger partial charge in [0, 0.05) is 17.4 Å². The van der Waals surface area contributed by atoms with E-state index in [0.29, 0.717) is 16.8 Å². The van der Waals surface area contributed by atoms with E-state index in [1.807, 2.05) is 24.3 Å². The van der Waals surface area contributed by atoms with Crippen molar-refractivity contribution in [2.24, 2.45) is 0 Å². The van der Waals surface area contributed by atoms with Gasteiger partial charge in [0.1, 0.15) is 10.9 Å². The van der Waals surface area contributed by atoms with E-state index in [1.165, 1.54) is 25.1 Å². The van der Waals surface area contributed by atoms with Crippen LogP contribution in [0.4, 0.5) is 5.69 Å². The number of hydrogen-bond donors (Lipinski definition) is 1. The first kappa shape index (κ1) is 14.9. The Kier molecular flexibility index (Phi) is 4.59. The van der Waals surface area contributed by atoms with Crippen LogP contribution in [0.1, 0.15) is 36.0 Å². The second-order valence-corrected chi connectivity index (χ2v) is 5.76. The van der Waals surface area contributed by atoms with Gasteiger partial charge < -0.3 is 10.1 Å². The molecule has 5 heteroatoms. The first-order valence-electron chi connectivity index (χ1n) is 7.40. The molecule has 4 nitrogen and oxygen atoms in total. The fraction of sp³-hybridized carbons (Fsp3) is 0.294. The molecule has 0 atom stereocenters. The summed E-state index contributed by atoms with van der Waals surface area (Å²) in [6.07, 6.45) is 6.58. The van der Waals surface area contributed by atoms with Crippen LogP contribution in [0, 0.1) is 0 Å². The standard InChI is InChI=1S/C17H17ClN2O2/c18-16-11-12(9-10-19-16)17(21)20-13-5-7-15(8-6-13)22-14-3-1-2-4-14/h5-11,14H,1-4H2,(H,20,21). The van der Waals surface area contributed by atoms with Crippen LogP contribution < -0.4 is 10.1 Å². The lowest BCUT2D eigenvalue weighted by Crippen LogP contribution is -2.12. The van der Waals surface area contributed by atoms with Gasteiger partial charge in [-0.3, -0.25) is 4.79 Å². The Morgan fingerprint density at radius 1 is 1.18 bits per heavy atom. The Balaban J connectivity index is 1.61. The molecule has 1 amide bonds. The third-order valence-electron chi connectivity index (χ3n) is 3.71. The first-order chi connectivity index (χ1) is 10.7. The van der Waals surface area contributed by atoms with Crippen LogP contribution in [0.15, 0.2) is 42.6 Å². The lowest BCUT2D eigenvalue weighted by atomic mass is 10.2. The number of ether oxygens (including phenoxy) is 1. The highest BCUT2D eigenvalue weighted by Gasteiger charge is 2.16. The van der Waals surface area contributed by atoms with E-state index in [-0.39, 0.29) is 5.91 Å². The van der Waals surface area contributed by atoms with Crippen molar-refractivity contribution in [2.45, 2.75) is 31.8 Å². The average Bonchev–Trinajstić information content (AvgIpc) is 3.02. The van der Waals surface area contributed by atoms with E-state index >= 15 is 0 Å². The molecule has 22 heavy (non-hydrogen) atoms. The van der Waals surface area contributed by atoms with Crippen LogP contribution in [-0.2, 0) is 0 Å². The number of amides is 1. The summed E-state index contributed by atoms with van der Waals surface area (Å²) in [6.45, 7) is 0. The summed E-state index contributed by atoms with van der Waals surface area (Å²) in [6, 6.07) is 10.6. The van der Waals surface area contributed by atoms with Crippen molar-refractivity contribution in [2.75, 3.05) is 5.32 Å². The van der Waals surface area contributed by atoms with E-state index in [4.69, 9.17) is 16.3 Å². The van der Waals surface area contributed by atoms with Gasteiger partial charge in [-0.15, -0.1) is 0 Å². The molecule has 0 bridgehead atoms. The van der Waals surface area contributed by atoms with Gasteiger partial charge in [-0.1, -0.05) is 11.6 Å². The number of pyridine rings is 1. The van der Waals surface area contributed by atoms with E-state index in [9.17, 15) is 4.79 Å². The number of halogens is 1. The zero-order valence-corrected chi connectivity index (χ0v) is 12.8. The number of anilines is 1. The Bertz CT molecular complexity index is 652. The number of benzene rings is 1. The van der Waals surface area contributed by atoms with Crippen LogP contribution in [0.25, 0.3) is 0 Å². The fourth-order valence-corrected chi connectivity index (χ4v) is 2.74. The second kappa shape index (κ2) is 6.79. The second-order valence-electron chi connectivity index (χ2n) is 5.37. The predicted molar refractivity (Wildman–Crippen MR) is 86.5 cm³/mol. The predicted octanol–water partition coefficient (Wildman–Crippen LogP) is 4.31. The molecular weight excluding hydrogens is 300 g/mol. The largest absolute Gasteiger partial charge is 0.490 e. The van der Waals surface area contributed by atoms with Crippen molar-refractivity contribution < 1.29 is 9.53 Å². The van der Waals surface area contributed by atoms with Gasteiger partial charge >= 0.3 is 0 Å². The van der Waals surface area contributed by atoms with Gasteiger partial charge in [0.2, 0.25) is 0 Å². The summed E-state index contributed by atoms with van der Waals surface area (Å²) in [4.78, 5) is 16.0. The zero-order valence-electron chi connectivity index (χ0n) is 12.1. The average molecular weight is 317 g/mol. The van der Waals surface area contributed by atoms with Gasteiger partial charge in [0.25, 0.3) is 5.91 Å². The lowest BCUT2D eigenvalue weighted by Gasteiger charge is -2.13. The molecule has 114 valence electrons. The molecular formula is C17H17ClN2O2. The minimum atomic E-state index is -0.214. The number of carbonyl (C=O) groups excluding carboxylic acids is 1.